The molecule has 0 aromatic rings. The van der Waals surface area contributed by atoms with Crippen LogP contribution in [0.3, 0.4) is 0 Å². The third kappa shape index (κ3) is 13.7. The van der Waals surface area contributed by atoms with Gasteiger partial charge in [0, 0.05) is 6.42 Å². The second-order valence-corrected chi connectivity index (χ2v) is 7.38. The van der Waals surface area contributed by atoms with E-state index in [4.69, 9.17) is 14.6 Å². The van der Waals surface area contributed by atoms with Crippen LogP contribution in [0.2, 0.25) is 0 Å². The largest absolute Gasteiger partial charge is 0.480 e. The zero-order valence-corrected chi connectivity index (χ0v) is 15.0. The molecule has 0 amide bonds. The van der Waals surface area contributed by atoms with Gasteiger partial charge in [0.05, 0.1) is 13.1 Å². The van der Waals surface area contributed by atoms with Gasteiger partial charge in [0.25, 0.3) is 0 Å². The monoisotopic (exact) mass is 331 g/mol. The molecular weight excluding hydrogens is 302 g/mol. The van der Waals surface area contributed by atoms with Gasteiger partial charge in [-0.3, -0.25) is 19.3 Å². The Morgan fingerprint density at radius 3 is 1.78 bits per heavy atom. The summed E-state index contributed by atoms with van der Waals surface area (Å²) in [5, 5.41) is 8.91. The first kappa shape index (κ1) is 21.4. The Bertz CT molecular complexity index is 419. The molecule has 7 nitrogen and oxygen atoms in total. The summed E-state index contributed by atoms with van der Waals surface area (Å²) in [4.78, 5) is 35.7. The highest BCUT2D eigenvalue weighted by Crippen LogP contribution is 2.10. The predicted octanol–water partition coefficient (Wildman–Crippen LogP) is 1.84. The Labute approximate surface area is 137 Å². The average Bonchev–Trinajstić information content (AvgIpc) is 2.21. The van der Waals surface area contributed by atoms with Gasteiger partial charge < -0.3 is 14.6 Å². The average molecular weight is 331 g/mol. The normalized spacial score (nSPS) is 12.1. The van der Waals surface area contributed by atoms with Gasteiger partial charge in [-0.1, -0.05) is 0 Å². The number of carboxylic acid groups (broad SMARTS) is 1. The fourth-order valence-electron chi connectivity index (χ4n) is 1.80. The lowest BCUT2D eigenvalue weighted by Gasteiger charge is -2.24. The van der Waals surface area contributed by atoms with Crippen LogP contribution in [0.25, 0.3) is 0 Å². The van der Waals surface area contributed by atoms with E-state index in [1.807, 2.05) is 0 Å². The van der Waals surface area contributed by atoms with Crippen LogP contribution in [0.15, 0.2) is 0 Å². The van der Waals surface area contributed by atoms with Gasteiger partial charge in [0.1, 0.15) is 11.2 Å². The number of carbonyl (C=O) groups is 3. The number of aliphatic carboxylic acids is 1. The van der Waals surface area contributed by atoms with Crippen LogP contribution in [0.4, 0.5) is 0 Å². The maximum Gasteiger partial charge on any atom is 0.320 e. The molecule has 1 N–H and O–H groups in total. The van der Waals surface area contributed by atoms with Gasteiger partial charge in [-0.2, -0.15) is 0 Å². The summed E-state index contributed by atoms with van der Waals surface area (Å²) in [6, 6.07) is 0. The number of carboxylic acids is 1. The second kappa shape index (κ2) is 8.86. The second-order valence-electron chi connectivity index (χ2n) is 7.38. The third-order valence-electron chi connectivity index (χ3n) is 2.41. The van der Waals surface area contributed by atoms with Crippen LogP contribution in [-0.4, -0.2) is 58.8 Å². The number of ether oxygens (including phenoxy) is 2. The first-order chi connectivity index (χ1) is 10.3. The lowest BCUT2D eigenvalue weighted by molar-refractivity contribution is -0.156. The van der Waals surface area contributed by atoms with Crippen LogP contribution in [0.5, 0.6) is 0 Å². The molecule has 23 heavy (non-hydrogen) atoms. The Hall–Kier alpha value is -1.63. The van der Waals surface area contributed by atoms with Crippen molar-refractivity contribution in [1.29, 1.82) is 0 Å². The molecule has 0 saturated heterocycles. The first-order valence-electron chi connectivity index (χ1n) is 7.66. The SMILES string of the molecule is CC(C)(C)OC(=O)CCCN(CC(=O)O)CC(=O)OC(C)(C)C. The Morgan fingerprint density at radius 1 is 0.870 bits per heavy atom. The quantitative estimate of drug-likeness (QED) is 0.678. The Kier molecular flexibility index (Phi) is 8.23. The van der Waals surface area contributed by atoms with E-state index in [0.717, 1.165) is 0 Å². The molecule has 0 aromatic carbocycles. The fraction of sp³-hybridized carbons (Fsp3) is 0.812. The maximum atomic E-state index is 11.8. The zero-order chi connectivity index (χ0) is 18.3. The van der Waals surface area contributed by atoms with Crippen molar-refractivity contribution in [3.8, 4) is 0 Å². The van der Waals surface area contributed by atoms with E-state index in [1.54, 1.807) is 41.5 Å². The standard InChI is InChI=1S/C16H29NO6/c1-15(2,3)22-13(20)8-7-9-17(10-12(18)19)11-14(21)23-16(4,5)6/h7-11H2,1-6H3,(H,18,19). The molecule has 0 aromatic heterocycles. The highest BCUT2D eigenvalue weighted by atomic mass is 16.6. The van der Waals surface area contributed by atoms with Gasteiger partial charge >= 0.3 is 17.9 Å². The molecule has 0 atom stereocenters. The van der Waals surface area contributed by atoms with Gasteiger partial charge in [-0.15, -0.1) is 0 Å². The first-order valence-corrected chi connectivity index (χ1v) is 7.66. The van der Waals surface area contributed by atoms with Gasteiger partial charge in [0.15, 0.2) is 0 Å². The van der Waals surface area contributed by atoms with Crippen molar-refractivity contribution in [3.05, 3.63) is 0 Å². The van der Waals surface area contributed by atoms with E-state index in [9.17, 15) is 14.4 Å². The molecule has 0 bridgehead atoms. The summed E-state index contributed by atoms with van der Waals surface area (Å²) in [6.07, 6.45) is 0.576. The van der Waals surface area contributed by atoms with E-state index in [0.29, 0.717) is 13.0 Å². The molecule has 0 saturated carbocycles. The minimum absolute atomic E-state index is 0.127. The summed E-state index contributed by atoms with van der Waals surface area (Å²) >= 11 is 0. The lowest BCUT2D eigenvalue weighted by atomic mass is 10.2. The molecule has 0 unspecified atom stereocenters. The van der Waals surface area contributed by atoms with Crippen molar-refractivity contribution in [3.63, 3.8) is 0 Å². The Morgan fingerprint density at radius 2 is 1.35 bits per heavy atom. The number of hydrogen-bond donors (Lipinski definition) is 1. The molecule has 0 radical (unpaired) electrons. The van der Waals surface area contributed by atoms with Crippen LogP contribution in [-0.2, 0) is 23.9 Å². The molecule has 0 aliphatic carbocycles. The topological polar surface area (TPSA) is 93.1 Å². The van der Waals surface area contributed by atoms with Crippen molar-refractivity contribution in [2.75, 3.05) is 19.6 Å². The van der Waals surface area contributed by atoms with Gasteiger partial charge in [-0.05, 0) is 54.5 Å². The summed E-state index contributed by atoms with van der Waals surface area (Å²) in [7, 11) is 0. The molecule has 0 aliphatic rings. The third-order valence-corrected chi connectivity index (χ3v) is 2.41. The molecular formula is C16H29NO6. The fourth-order valence-corrected chi connectivity index (χ4v) is 1.80. The summed E-state index contributed by atoms with van der Waals surface area (Å²) in [5.41, 5.74) is -1.17. The number of hydrogen-bond acceptors (Lipinski definition) is 6. The van der Waals surface area contributed by atoms with Gasteiger partial charge in [-0.25, -0.2) is 0 Å². The predicted molar refractivity (Wildman–Crippen MR) is 85.0 cm³/mol. The maximum absolute atomic E-state index is 11.8. The van der Waals surface area contributed by atoms with Crippen molar-refractivity contribution < 1.29 is 29.0 Å². The molecule has 134 valence electrons. The van der Waals surface area contributed by atoms with Crippen molar-refractivity contribution in [2.45, 2.75) is 65.6 Å². The minimum atomic E-state index is -1.04. The van der Waals surface area contributed by atoms with Crippen molar-refractivity contribution in [2.24, 2.45) is 0 Å². The van der Waals surface area contributed by atoms with E-state index < -0.39 is 23.1 Å². The van der Waals surface area contributed by atoms with Crippen LogP contribution < -0.4 is 0 Å². The summed E-state index contributed by atoms with van der Waals surface area (Å²) < 4.78 is 10.4. The minimum Gasteiger partial charge on any atom is -0.480 e. The van der Waals surface area contributed by atoms with E-state index in [2.05, 4.69) is 0 Å². The molecule has 0 spiro atoms. The van der Waals surface area contributed by atoms with E-state index in [1.165, 1.54) is 4.90 Å². The highest BCUT2D eigenvalue weighted by Gasteiger charge is 2.21. The van der Waals surface area contributed by atoms with Crippen LogP contribution in [0, 0.1) is 0 Å². The smallest absolute Gasteiger partial charge is 0.320 e. The highest BCUT2D eigenvalue weighted by molar-refractivity contribution is 5.74. The summed E-state index contributed by atoms with van der Waals surface area (Å²) in [6.45, 7) is 10.5. The molecule has 0 aliphatic heterocycles. The number of rotatable bonds is 8. The number of carbonyl (C=O) groups excluding carboxylic acids is 2. The Balaban J connectivity index is 4.38. The summed E-state index contributed by atoms with van der Waals surface area (Å²) in [5.74, 6) is -1.87. The molecule has 7 heteroatoms. The lowest BCUT2D eigenvalue weighted by Crippen LogP contribution is -2.38. The molecule has 0 rings (SSSR count). The zero-order valence-electron chi connectivity index (χ0n) is 15.0. The number of nitrogens with zero attached hydrogens (tertiary/aromatic N) is 1. The van der Waals surface area contributed by atoms with Crippen molar-refractivity contribution in [1.82, 2.24) is 4.90 Å². The van der Waals surface area contributed by atoms with Crippen LogP contribution in [0.1, 0.15) is 54.4 Å². The molecule has 0 heterocycles. The van der Waals surface area contributed by atoms with Crippen molar-refractivity contribution >= 4 is 17.9 Å². The van der Waals surface area contributed by atoms with Crippen LogP contribution >= 0.6 is 0 Å². The van der Waals surface area contributed by atoms with E-state index >= 15 is 0 Å². The molecule has 0 fully saturated rings. The van der Waals surface area contributed by atoms with E-state index in [-0.39, 0.29) is 25.5 Å². The number of esters is 2. The van der Waals surface area contributed by atoms with Gasteiger partial charge in [0.2, 0.25) is 0 Å².